The minimum Gasteiger partial charge on any atom is -0.383 e. The van der Waals surface area contributed by atoms with Crippen LogP contribution in [0.5, 0.6) is 0 Å². The predicted molar refractivity (Wildman–Crippen MR) is 120 cm³/mol. The number of benzene rings is 1. The van der Waals surface area contributed by atoms with Gasteiger partial charge in [-0.1, -0.05) is 30.3 Å². The Balaban J connectivity index is 0.00000256. The molecule has 1 fully saturated rings. The summed E-state index contributed by atoms with van der Waals surface area (Å²) in [6, 6.07) is 10.5. The normalized spacial score (nSPS) is 23.3. The lowest BCUT2D eigenvalue weighted by Gasteiger charge is -2.43. The van der Waals surface area contributed by atoms with Crippen LogP contribution in [0.15, 0.2) is 41.6 Å². The van der Waals surface area contributed by atoms with Gasteiger partial charge in [0.05, 0.1) is 26.5 Å². The zero-order valence-corrected chi connectivity index (χ0v) is 18.7. The second kappa shape index (κ2) is 11.3. The first-order valence-corrected chi connectivity index (χ1v) is 10.8. The number of nitrogens with zero attached hydrogens (tertiary/aromatic N) is 3. The van der Waals surface area contributed by atoms with E-state index in [2.05, 4.69) is 39.0 Å². The number of halogens is 1. The number of methoxy groups -OCH3 is 1. The molecule has 1 atom stereocenters. The number of ether oxygens (including phenoxy) is 2. The number of carbonyl (C=O) groups excluding carboxylic acids is 1. The van der Waals surface area contributed by atoms with Gasteiger partial charge >= 0.3 is 0 Å². The largest absolute Gasteiger partial charge is 0.383 e. The van der Waals surface area contributed by atoms with Gasteiger partial charge in [0.1, 0.15) is 0 Å². The van der Waals surface area contributed by atoms with E-state index < -0.39 is 0 Å². The Morgan fingerprint density at radius 2 is 1.77 bits per heavy atom. The highest BCUT2D eigenvalue weighted by Crippen LogP contribution is 2.38. The van der Waals surface area contributed by atoms with Crippen molar-refractivity contribution in [3.8, 4) is 0 Å². The van der Waals surface area contributed by atoms with Crippen molar-refractivity contribution in [3.05, 3.63) is 47.2 Å². The van der Waals surface area contributed by atoms with Crippen molar-refractivity contribution in [1.82, 2.24) is 14.7 Å². The summed E-state index contributed by atoms with van der Waals surface area (Å²) in [7, 11) is 1.74. The second-order valence-electron chi connectivity index (χ2n) is 8.27. The van der Waals surface area contributed by atoms with Gasteiger partial charge in [-0.15, -0.1) is 12.4 Å². The lowest BCUT2D eigenvalue weighted by Crippen LogP contribution is -2.50. The summed E-state index contributed by atoms with van der Waals surface area (Å²) < 4.78 is 10.8. The van der Waals surface area contributed by atoms with Gasteiger partial charge in [0.25, 0.3) is 0 Å². The van der Waals surface area contributed by atoms with Gasteiger partial charge in [-0.2, -0.15) is 0 Å². The van der Waals surface area contributed by atoms with Crippen LogP contribution in [0.25, 0.3) is 0 Å². The number of ketones is 1. The number of Topliss-reactive ketones (excluding diaryl/α,β-unsaturated/α-hetero) is 1. The van der Waals surface area contributed by atoms with E-state index in [4.69, 9.17) is 9.47 Å². The van der Waals surface area contributed by atoms with E-state index in [9.17, 15) is 4.79 Å². The number of hydrogen-bond acceptors (Lipinski definition) is 6. The van der Waals surface area contributed by atoms with Gasteiger partial charge < -0.3 is 14.4 Å². The van der Waals surface area contributed by atoms with Crippen LogP contribution in [0.4, 0.5) is 0 Å². The first-order valence-electron chi connectivity index (χ1n) is 10.8. The maximum absolute atomic E-state index is 13.1. The van der Waals surface area contributed by atoms with E-state index in [0.717, 1.165) is 71.1 Å². The molecule has 6 nitrogen and oxygen atoms in total. The SMILES string of the molecule is COCCN1CN(CCN2CCOCC2)CC2=C1CC(c1ccccc1)CC2=O.Cl. The van der Waals surface area contributed by atoms with Crippen LogP contribution in [-0.4, -0.2) is 93.4 Å². The molecule has 3 aliphatic rings. The fourth-order valence-electron chi connectivity index (χ4n) is 4.66. The fourth-order valence-corrected chi connectivity index (χ4v) is 4.66. The minimum atomic E-state index is 0. The maximum atomic E-state index is 13.1. The molecule has 0 spiro atoms. The van der Waals surface area contributed by atoms with Gasteiger partial charge in [-0.05, 0) is 17.9 Å². The molecule has 0 bridgehead atoms. The van der Waals surface area contributed by atoms with Crippen LogP contribution in [0.1, 0.15) is 24.3 Å². The highest BCUT2D eigenvalue weighted by atomic mass is 35.5. The molecular weight excluding hydrogens is 402 g/mol. The van der Waals surface area contributed by atoms with E-state index in [0.29, 0.717) is 18.8 Å². The summed E-state index contributed by atoms with van der Waals surface area (Å²) in [5, 5.41) is 0. The van der Waals surface area contributed by atoms with E-state index >= 15 is 0 Å². The third-order valence-corrected chi connectivity index (χ3v) is 6.36. The van der Waals surface area contributed by atoms with E-state index in [1.54, 1.807) is 7.11 Å². The second-order valence-corrected chi connectivity index (χ2v) is 8.27. The Hall–Kier alpha value is -1.44. The Labute approximate surface area is 186 Å². The van der Waals surface area contributed by atoms with Crippen molar-refractivity contribution in [2.24, 2.45) is 0 Å². The van der Waals surface area contributed by atoms with Crippen LogP contribution in [0, 0.1) is 0 Å². The molecule has 0 radical (unpaired) electrons. The molecule has 1 saturated heterocycles. The van der Waals surface area contributed by atoms with E-state index in [1.165, 1.54) is 11.3 Å². The molecular formula is C23H34ClN3O3. The number of morpholine rings is 1. The summed E-state index contributed by atoms with van der Waals surface area (Å²) in [5.41, 5.74) is 3.55. The molecule has 0 amide bonds. The van der Waals surface area contributed by atoms with Gasteiger partial charge in [-0.25, -0.2) is 0 Å². The summed E-state index contributed by atoms with van der Waals surface area (Å²) in [6.07, 6.45) is 1.57. The molecule has 2 aliphatic heterocycles. The average Bonchev–Trinajstić information content (AvgIpc) is 2.77. The Bertz CT molecular complexity index is 722. The Kier molecular flexibility index (Phi) is 8.72. The van der Waals surface area contributed by atoms with Crippen molar-refractivity contribution in [3.63, 3.8) is 0 Å². The summed E-state index contributed by atoms with van der Waals surface area (Å²) in [5.74, 6) is 0.603. The number of allylic oxidation sites excluding steroid dienone is 1. The van der Waals surface area contributed by atoms with Crippen molar-refractivity contribution < 1.29 is 14.3 Å². The Morgan fingerprint density at radius 3 is 2.50 bits per heavy atom. The third kappa shape index (κ3) is 5.62. The molecule has 166 valence electrons. The molecule has 4 rings (SSSR count). The molecule has 0 N–H and O–H groups in total. The zero-order chi connectivity index (χ0) is 20.1. The first kappa shape index (κ1) is 23.2. The van der Waals surface area contributed by atoms with Gasteiger partial charge in [0, 0.05) is 64.1 Å². The molecule has 1 aromatic carbocycles. The van der Waals surface area contributed by atoms with Crippen LogP contribution >= 0.6 is 12.4 Å². The van der Waals surface area contributed by atoms with Gasteiger partial charge in [0.2, 0.25) is 0 Å². The minimum absolute atomic E-state index is 0. The van der Waals surface area contributed by atoms with Crippen molar-refractivity contribution >= 4 is 18.2 Å². The average molecular weight is 436 g/mol. The van der Waals surface area contributed by atoms with Crippen LogP contribution in [0.3, 0.4) is 0 Å². The number of hydrogen-bond donors (Lipinski definition) is 0. The molecule has 1 aromatic rings. The predicted octanol–water partition coefficient (Wildman–Crippen LogP) is 2.36. The zero-order valence-electron chi connectivity index (χ0n) is 17.9. The van der Waals surface area contributed by atoms with Crippen LogP contribution in [-0.2, 0) is 14.3 Å². The van der Waals surface area contributed by atoms with Crippen molar-refractivity contribution in [2.75, 3.05) is 72.9 Å². The highest BCUT2D eigenvalue weighted by molar-refractivity contribution is 5.98. The number of rotatable bonds is 7. The maximum Gasteiger partial charge on any atom is 0.162 e. The lowest BCUT2D eigenvalue weighted by atomic mass is 9.80. The highest BCUT2D eigenvalue weighted by Gasteiger charge is 2.35. The molecule has 1 unspecified atom stereocenters. The lowest BCUT2D eigenvalue weighted by molar-refractivity contribution is -0.117. The summed E-state index contributed by atoms with van der Waals surface area (Å²) in [6.45, 7) is 8.85. The number of carbonyl (C=O) groups is 1. The Morgan fingerprint density at radius 1 is 1.03 bits per heavy atom. The monoisotopic (exact) mass is 435 g/mol. The van der Waals surface area contributed by atoms with Crippen LogP contribution in [0.2, 0.25) is 0 Å². The first-order chi connectivity index (χ1) is 14.2. The molecule has 30 heavy (non-hydrogen) atoms. The molecule has 0 saturated carbocycles. The summed E-state index contributed by atoms with van der Waals surface area (Å²) >= 11 is 0. The molecule has 7 heteroatoms. The molecule has 0 aromatic heterocycles. The topological polar surface area (TPSA) is 45.2 Å². The van der Waals surface area contributed by atoms with Crippen LogP contribution < -0.4 is 0 Å². The fraction of sp³-hybridized carbons (Fsp3) is 0.609. The molecule has 2 heterocycles. The third-order valence-electron chi connectivity index (χ3n) is 6.36. The standard InChI is InChI=1S/C23H33N3O3.ClH/c1-28-12-11-26-18-25(8-7-24-9-13-29-14-10-24)17-21-22(26)15-20(16-23(21)27)19-5-3-2-4-6-19;/h2-6,20H,7-18H2,1H3;1H. The van der Waals surface area contributed by atoms with Gasteiger partial charge in [0.15, 0.2) is 5.78 Å². The van der Waals surface area contributed by atoms with Crippen molar-refractivity contribution in [2.45, 2.75) is 18.8 Å². The quantitative estimate of drug-likeness (QED) is 0.655. The summed E-state index contributed by atoms with van der Waals surface area (Å²) in [4.78, 5) is 20.4. The molecule has 1 aliphatic carbocycles. The smallest absolute Gasteiger partial charge is 0.162 e. The van der Waals surface area contributed by atoms with E-state index in [-0.39, 0.29) is 18.3 Å². The van der Waals surface area contributed by atoms with E-state index in [1.807, 2.05) is 6.07 Å². The van der Waals surface area contributed by atoms with Crippen molar-refractivity contribution in [1.29, 1.82) is 0 Å². The van der Waals surface area contributed by atoms with Gasteiger partial charge in [-0.3, -0.25) is 14.6 Å².